The number of rotatable bonds is 6. The van der Waals surface area contributed by atoms with E-state index in [-0.39, 0.29) is 6.04 Å². The molecule has 3 N–H and O–H groups in total. The summed E-state index contributed by atoms with van der Waals surface area (Å²) < 4.78 is 10.9. The smallest absolute Gasteiger partial charge is 0.123 e. The molecule has 0 amide bonds. The van der Waals surface area contributed by atoms with Crippen LogP contribution in [0, 0.1) is 6.92 Å². The minimum absolute atomic E-state index is 0.0446. The molecule has 1 unspecified atom stereocenters. The maximum atomic E-state index is 5.76. The van der Waals surface area contributed by atoms with Gasteiger partial charge in [-0.25, -0.2) is 0 Å². The largest absolute Gasteiger partial charge is 0.496 e. The van der Waals surface area contributed by atoms with E-state index in [0.717, 1.165) is 34.6 Å². The van der Waals surface area contributed by atoms with Crippen LogP contribution in [0.1, 0.15) is 22.7 Å². The first-order valence-electron chi connectivity index (χ1n) is 6.92. The summed E-state index contributed by atoms with van der Waals surface area (Å²) in [4.78, 5) is 0. The Labute approximate surface area is 125 Å². The number of ether oxygens (including phenoxy) is 2. The van der Waals surface area contributed by atoms with Gasteiger partial charge < -0.3 is 9.47 Å². The topological polar surface area (TPSA) is 56.5 Å². The van der Waals surface area contributed by atoms with E-state index in [0.29, 0.717) is 0 Å². The van der Waals surface area contributed by atoms with E-state index >= 15 is 0 Å². The molecule has 0 bridgehead atoms. The molecule has 112 valence electrons. The van der Waals surface area contributed by atoms with E-state index in [4.69, 9.17) is 15.3 Å². The molecule has 2 aromatic carbocycles. The second-order valence-electron chi connectivity index (χ2n) is 4.98. The highest BCUT2D eigenvalue weighted by atomic mass is 16.5. The van der Waals surface area contributed by atoms with Gasteiger partial charge in [-0.15, -0.1) is 0 Å². The van der Waals surface area contributed by atoms with Crippen LogP contribution in [-0.4, -0.2) is 14.2 Å². The minimum atomic E-state index is -0.0446. The first-order chi connectivity index (χ1) is 10.2. The number of nitrogens with one attached hydrogen (secondary N) is 1. The summed E-state index contributed by atoms with van der Waals surface area (Å²) in [7, 11) is 3.35. The molecule has 21 heavy (non-hydrogen) atoms. The zero-order valence-electron chi connectivity index (χ0n) is 12.7. The van der Waals surface area contributed by atoms with Crippen LogP contribution >= 0.6 is 0 Å². The van der Waals surface area contributed by atoms with Gasteiger partial charge >= 0.3 is 0 Å². The predicted octanol–water partition coefficient (Wildman–Crippen LogP) is 2.76. The fourth-order valence-corrected chi connectivity index (χ4v) is 2.46. The van der Waals surface area contributed by atoms with Crippen LogP contribution in [0.2, 0.25) is 0 Å². The molecule has 4 nitrogen and oxygen atoms in total. The highest BCUT2D eigenvalue weighted by Gasteiger charge is 2.17. The molecule has 4 heteroatoms. The SMILES string of the molecule is COc1ccccc1CC(NN)c1ccc(C)cc1OC. The van der Waals surface area contributed by atoms with Crippen molar-refractivity contribution in [3.05, 3.63) is 59.2 Å². The summed E-state index contributed by atoms with van der Waals surface area (Å²) >= 11 is 0. The molecule has 0 spiro atoms. The van der Waals surface area contributed by atoms with Crippen LogP contribution in [0.25, 0.3) is 0 Å². The van der Waals surface area contributed by atoms with E-state index in [2.05, 4.69) is 11.5 Å². The molecule has 0 saturated carbocycles. The number of methoxy groups -OCH3 is 2. The standard InChI is InChI=1S/C17H22N2O2/c1-12-8-9-14(17(10-12)21-3)15(19-18)11-13-6-4-5-7-16(13)20-2/h4-10,15,19H,11,18H2,1-3H3. The van der Waals surface area contributed by atoms with Gasteiger partial charge in [-0.05, 0) is 36.6 Å². The highest BCUT2D eigenvalue weighted by molar-refractivity contribution is 5.41. The number of aryl methyl sites for hydroxylation is 1. The van der Waals surface area contributed by atoms with Gasteiger partial charge in [0.1, 0.15) is 11.5 Å². The maximum absolute atomic E-state index is 5.76. The van der Waals surface area contributed by atoms with Gasteiger partial charge in [0.25, 0.3) is 0 Å². The lowest BCUT2D eigenvalue weighted by molar-refractivity contribution is 0.393. The summed E-state index contributed by atoms with van der Waals surface area (Å²) in [5.41, 5.74) is 6.17. The average Bonchev–Trinajstić information content (AvgIpc) is 2.53. The van der Waals surface area contributed by atoms with Gasteiger partial charge in [0, 0.05) is 5.56 Å². The zero-order valence-corrected chi connectivity index (χ0v) is 12.7. The van der Waals surface area contributed by atoms with Crippen LogP contribution in [0.15, 0.2) is 42.5 Å². The number of hydrogen-bond acceptors (Lipinski definition) is 4. The Morgan fingerprint density at radius 1 is 1.05 bits per heavy atom. The molecule has 0 aromatic heterocycles. The lowest BCUT2D eigenvalue weighted by atomic mass is 9.97. The van der Waals surface area contributed by atoms with Crippen molar-refractivity contribution in [1.29, 1.82) is 0 Å². The Bertz CT molecular complexity index is 599. The van der Waals surface area contributed by atoms with Crippen molar-refractivity contribution in [1.82, 2.24) is 5.43 Å². The van der Waals surface area contributed by atoms with Gasteiger partial charge in [0.2, 0.25) is 0 Å². The Balaban J connectivity index is 2.32. The van der Waals surface area contributed by atoms with E-state index in [1.807, 2.05) is 43.3 Å². The Hall–Kier alpha value is -2.04. The third-order valence-corrected chi connectivity index (χ3v) is 3.58. The first-order valence-corrected chi connectivity index (χ1v) is 6.92. The molecule has 0 saturated heterocycles. The lowest BCUT2D eigenvalue weighted by Crippen LogP contribution is -2.30. The van der Waals surface area contributed by atoms with Gasteiger partial charge in [-0.2, -0.15) is 0 Å². The molecule has 1 atom stereocenters. The molecule has 2 rings (SSSR count). The Morgan fingerprint density at radius 2 is 1.76 bits per heavy atom. The summed E-state index contributed by atoms with van der Waals surface area (Å²) in [6.45, 7) is 2.04. The number of para-hydroxylation sites is 1. The van der Waals surface area contributed by atoms with Crippen molar-refractivity contribution >= 4 is 0 Å². The van der Waals surface area contributed by atoms with E-state index in [1.54, 1.807) is 14.2 Å². The maximum Gasteiger partial charge on any atom is 0.123 e. The predicted molar refractivity (Wildman–Crippen MR) is 84.5 cm³/mol. The van der Waals surface area contributed by atoms with Crippen molar-refractivity contribution in [2.24, 2.45) is 5.84 Å². The molecule has 0 fully saturated rings. The molecule has 0 aliphatic rings. The Morgan fingerprint density at radius 3 is 2.43 bits per heavy atom. The van der Waals surface area contributed by atoms with Crippen LogP contribution in [0.5, 0.6) is 11.5 Å². The van der Waals surface area contributed by atoms with E-state index in [9.17, 15) is 0 Å². The molecule has 0 heterocycles. The van der Waals surface area contributed by atoms with Crippen LogP contribution in [-0.2, 0) is 6.42 Å². The fraction of sp³-hybridized carbons (Fsp3) is 0.294. The van der Waals surface area contributed by atoms with Crippen LogP contribution < -0.4 is 20.7 Å². The summed E-state index contributed by atoms with van der Waals surface area (Å²) in [6, 6.07) is 14.0. The number of hydrogen-bond donors (Lipinski definition) is 2. The monoisotopic (exact) mass is 286 g/mol. The third-order valence-electron chi connectivity index (χ3n) is 3.58. The van der Waals surface area contributed by atoms with E-state index in [1.165, 1.54) is 0 Å². The molecule has 0 aliphatic heterocycles. The highest BCUT2D eigenvalue weighted by Crippen LogP contribution is 2.30. The molecule has 0 aliphatic carbocycles. The number of hydrazine groups is 1. The molecular formula is C17H22N2O2. The van der Waals surface area contributed by atoms with E-state index < -0.39 is 0 Å². The summed E-state index contributed by atoms with van der Waals surface area (Å²) in [5, 5.41) is 0. The summed E-state index contributed by atoms with van der Waals surface area (Å²) in [6.07, 6.45) is 0.722. The molecule has 2 aromatic rings. The molecule has 0 radical (unpaired) electrons. The quantitative estimate of drug-likeness (QED) is 0.633. The summed E-state index contributed by atoms with van der Waals surface area (Å²) in [5.74, 6) is 7.46. The van der Waals surface area contributed by atoms with Gasteiger partial charge in [0.15, 0.2) is 0 Å². The first kappa shape index (κ1) is 15.4. The number of nitrogens with two attached hydrogens (primary N) is 1. The lowest BCUT2D eigenvalue weighted by Gasteiger charge is -2.20. The van der Waals surface area contributed by atoms with Crippen LogP contribution in [0.4, 0.5) is 0 Å². The van der Waals surface area contributed by atoms with Crippen molar-refractivity contribution < 1.29 is 9.47 Å². The van der Waals surface area contributed by atoms with Crippen molar-refractivity contribution in [2.75, 3.05) is 14.2 Å². The van der Waals surface area contributed by atoms with Crippen molar-refractivity contribution in [3.63, 3.8) is 0 Å². The number of benzene rings is 2. The third kappa shape index (κ3) is 3.54. The normalized spacial score (nSPS) is 12.0. The van der Waals surface area contributed by atoms with Crippen molar-refractivity contribution in [2.45, 2.75) is 19.4 Å². The fourth-order valence-electron chi connectivity index (χ4n) is 2.46. The van der Waals surface area contributed by atoms with Crippen molar-refractivity contribution in [3.8, 4) is 11.5 Å². The Kier molecular flexibility index (Phi) is 5.20. The second kappa shape index (κ2) is 7.11. The molecular weight excluding hydrogens is 264 g/mol. The minimum Gasteiger partial charge on any atom is -0.496 e. The average molecular weight is 286 g/mol. The van der Waals surface area contributed by atoms with Gasteiger partial charge in [-0.1, -0.05) is 30.3 Å². The van der Waals surface area contributed by atoms with Gasteiger partial charge in [-0.3, -0.25) is 11.3 Å². The van der Waals surface area contributed by atoms with Crippen LogP contribution in [0.3, 0.4) is 0 Å². The zero-order chi connectivity index (χ0) is 15.2. The van der Waals surface area contributed by atoms with Gasteiger partial charge in [0.05, 0.1) is 20.3 Å². The second-order valence-corrected chi connectivity index (χ2v) is 4.98.